The lowest BCUT2D eigenvalue weighted by molar-refractivity contribution is 1.18. The number of rotatable bonds is 2. The highest BCUT2D eigenvalue weighted by atomic mass is 15.0. The average Bonchev–Trinajstić information content (AvgIpc) is 3.86. The first-order valence-electron chi connectivity index (χ1n) is 21.5. The van der Waals surface area contributed by atoms with Gasteiger partial charge in [0.05, 0.1) is 27.8 Å². The van der Waals surface area contributed by atoms with Crippen LogP contribution in [0.25, 0.3) is 132 Å². The van der Waals surface area contributed by atoms with Gasteiger partial charge in [-0.1, -0.05) is 164 Å². The Morgan fingerprint density at radius 2 is 0.581 bits per heavy atom. The third-order valence-corrected chi connectivity index (χ3v) is 13.7. The van der Waals surface area contributed by atoms with Gasteiger partial charge in [0, 0.05) is 32.8 Å². The van der Waals surface area contributed by atoms with Crippen LogP contribution >= 0.6 is 0 Å². The lowest BCUT2D eigenvalue weighted by atomic mass is 9.78. The van der Waals surface area contributed by atoms with Crippen molar-refractivity contribution in [3.63, 3.8) is 0 Å². The van der Waals surface area contributed by atoms with E-state index in [9.17, 15) is 0 Å². The number of para-hydroxylation sites is 4. The maximum absolute atomic E-state index is 2.51. The van der Waals surface area contributed by atoms with Gasteiger partial charge in [-0.2, -0.15) is 0 Å². The molecule has 0 amide bonds. The van der Waals surface area contributed by atoms with Gasteiger partial charge in [-0.15, -0.1) is 0 Å². The van der Waals surface area contributed by atoms with E-state index < -0.39 is 0 Å². The molecule has 0 fully saturated rings. The summed E-state index contributed by atoms with van der Waals surface area (Å²) in [5.41, 5.74) is 16.9. The molecule has 0 unspecified atom stereocenters. The quantitative estimate of drug-likeness (QED) is 0.155. The fraction of sp³-hybridized carbons (Fsp3) is 0. The monoisotopic (exact) mass is 784 g/mol. The van der Waals surface area contributed by atoms with E-state index in [0.717, 1.165) is 5.69 Å². The highest BCUT2D eigenvalue weighted by Crippen LogP contribution is 2.53. The van der Waals surface area contributed by atoms with Gasteiger partial charge in [0.15, 0.2) is 0 Å². The molecule has 2 heterocycles. The molecule has 0 bridgehead atoms. The minimum Gasteiger partial charge on any atom is -0.309 e. The van der Waals surface area contributed by atoms with Crippen molar-refractivity contribution in [2.45, 2.75) is 0 Å². The van der Waals surface area contributed by atoms with E-state index in [1.54, 1.807) is 0 Å². The summed E-state index contributed by atoms with van der Waals surface area (Å²) in [6, 6.07) is 81.5. The zero-order valence-electron chi connectivity index (χ0n) is 33.7. The van der Waals surface area contributed by atoms with E-state index >= 15 is 0 Å². The Balaban J connectivity index is 1.17. The van der Waals surface area contributed by atoms with Crippen LogP contribution in [0.1, 0.15) is 0 Å². The van der Waals surface area contributed by atoms with E-state index in [-0.39, 0.29) is 0 Å². The Morgan fingerprint density at radius 3 is 1.11 bits per heavy atom. The molecule has 0 radical (unpaired) electrons. The normalized spacial score (nSPS) is 12.2. The first kappa shape index (κ1) is 33.6. The predicted molar refractivity (Wildman–Crippen MR) is 263 cm³/mol. The average molecular weight is 785 g/mol. The number of nitrogens with zero attached hydrogens (tertiary/aromatic N) is 2. The number of aromatic nitrogens is 2. The molecule has 2 heteroatoms. The Bertz CT molecular complexity index is 3860. The molecule has 2 aromatic heterocycles. The van der Waals surface area contributed by atoms with Crippen LogP contribution in [0.2, 0.25) is 0 Å². The van der Waals surface area contributed by atoms with Gasteiger partial charge in [-0.05, 0) is 126 Å². The summed E-state index contributed by atoms with van der Waals surface area (Å²) >= 11 is 0. The minimum atomic E-state index is 1.15. The van der Waals surface area contributed by atoms with E-state index in [2.05, 4.69) is 228 Å². The Labute approximate surface area is 357 Å². The molecule has 14 rings (SSSR count). The summed E-state index contributed by atoms with van der Waals surface area (Å²) < 4.78 is 4.95. The Morgan fingerprint density at radius 1 is 0.210 bits per heavy atom. The number of hydrogen-bond donors (Lipinski definition) is 0. The third kappa shape index (κ3) is 4.53. The highest BCUT2D eigenvalue weighted by molar-refractivity contribution is 6.27. The van der Waals surface area contributed by atoms with E-state index in [4.69, 9.17) is 0 Å². The largest absolute Gasteiger partial charge is 0.309 e. The maximum Gasteiger partial charge on any atom is 0.0547 e. The summed E-state index contributed by atoms with van der Waals surface area (Å²) in [7, 11) is 0. The zero-order valence-corrected chi connectivity index (χ0v) is 33.7. The second kappa shape index (κ2) is 12.7. The first-order chi connectivity index (χ1) is 30.8. The van der Waals surface area contributed by atoms with Gasteiger partial charge >= 0.3 is 0 Å². The summed E-state index contributed by atoms with van der Waals surface area (Å²) in [4.78, 5) is 0. The van der Waals surface area contributed by atoms with Gasteiger partial charge in [0.2, 0.25) is 0 Å². The van der Waals surface area contributed by atoms with Crippen LogP contribution in [0.15, 0.2) is 218 Å². The third-order valence-electron chi connectivity index (χ3n) is 13.7. The lowest BCUT2D eigenvalue weighted by Crippen LogP contribution is -2.04. The van der Waals surface area contributed by atoms with E-state index in [1.807, 2.05) is 0 Å². The second-order valence-corrected chi connectivity index (χ2v) is 16.7. The summed E-state index contributed by atoms with van der Waals surface area (Å²) in [5.74, 6) is 0. The smallest absolute Gasteiger partial charge is 0.0547 e. The van der Waals surface area contributed by atoms with Crippen LogP contribution in [0.4, 0.5) is 0 Å². The standard InChI is InChI=1S/C60H36N2/c1-3-19-41-38(16-1)39-17-2-4-20-42(39)52-36-54-50-34-37(61-55-27-11-7-21-44(55)45-22-8-12-28-56(45)61)32-33-43(50)40-18-5-6-25-48(40)60-49(53(54)35-51(41)52)26-15-31-59(60)62-57-29-13-9-23-46(57)47-24-10-14-30-58(47)62/h1-36H. The van der Waals surface area contributed by atoms with Gasteiger partial charge in [-0.3, -0.25) is 0 Å². The molecule has 1 aliphatic rings. The molecule has 1 aliphatic carbocycles. The van der Waals surface area contributed by atoms with Crippen molar-refractivity contribution in [1.82, 2.24) is 9.13 Å². The number of fused-ring (bicyclic) bond motifs is 20. The Hall–Kier alpha value is -8.20. The molecule has 0 atom stereocenters. The van der Waals surface area contributed by atoms with Crippen LogP contribution in [-0.4, -0.2) is 9.13 Å². The van der Waals surface area contributed by atoms with Gasteiger partial charge < -0.3 is 9.13 Å². The van der Waals surface area contributed by atoms with Crippen LogP contribution in [0.3, 0.4) is 0 Å². The van der Waals surface area contributed by atoms with Crippen molar-refractivity contribution in [2.24, 2.45) is 0 Å². The summed E-state index contributed by atoms with van der Waals surface area (Å²) in [5, 5.41) is 12.7. The molecular formula is C60H36N2. The molecule has 2 nitrogen and oxygen atoms in total. The molecule has 13 aromatic rings. The van der Waals surface area contributed by atoms with Crippen molar-refractivity contribution in [1.29, 1.82) is 0 Å². The van der Waals surface area contributed by atoms with Crippen molar-refractivity contribution in [2.75, 3.05) is 0 Å². The van der Waals surface area contributed by atoms with Crippen molar-refractivity contribution in [3.8, 4) is 55.9 Å². The van der Waals surface area contributed by atoms with Gasteiger partial charge in [0.1, 0.15) is 0 Å². The van der Waals surface area contributed by atoms with Crippen molar-refractivity contribution in [3.05, 3.63) is 218 Å². The molecule has 0 saturated carbocycles. The molecule has 286 valence electrons. The van der Waals surface area contributed by atoms with Crippen molar-refractivity contribution >= 4 is 75.9 Å². The van der Waals surface area contributed by atoms with Crippen LogP contribution in [-0.2, 0) is 0 Å². The first-order valence-corrected chi connectivity index (χ1v) is 21.5. The summed E-state index contributed by atoms with van der Waals surface area (Å²) in [6.07, 6.45) is 0. The fourth-order valence-electron chi connectivity index (χ4n) is 11.1. The van der Waals surface area contributed by atoms with Gasteiger partial charge in [-0.25, -0.2) is 0 Å². The molecular weight excluding hydrogens is 749 g/mol. The predicted octanol–water partition coefficient (Wildman–Crippen LogP) is 16.3. The zero-order chi connectivity index (χ0) is 40.5. The van der Waals surface area contributed by atoms with Crippen molar-refractivity contribution < 1.29 is 0 Å². The molecule has 11 aromatic carbocycles. The molecule has 0 aliphatic heterocycles. The van der Waals surface area contributed by atoms with Crippen LogP contribution in [0.5, 0.6) is 0 Å². The SMILES string of the molecule is c1ccc2c(c1)-c1ccc(-n3c4ccccc4c4ccccc43)cc1-c1cc3c4ccccc4c4ccccc4c3cc1-c1cccc(-n3c4ccccc4c4ccccc43)c1-2. The molecule has 62 heavy (non-hydrogen) atoms. The lowest BCUT2D eigenvalue weighted by Gasteiger charge is -2.27. The highest BCUT2D eigenvalue weighted by Gasteiger charge is 2.28. The topological polar surface area (TPSA) is 9.86 Å². The number of benzene rings is 11. The second-order valence-electron chi connectivity index (χ2n) is 16.7. The maximum atomic E-state index is 2.51. The van der Waals surface area contributed by atoms with Crippen LogP contribution < -0.4 is 0 Å². The fourth-order valence-corrected chi connectivity index (χ4v) is 11.1. The number of hydrogen-bond acceptors (Lipinski definition) is 0. The Kier molecular flexibility index (Phi) is 6.86. The molecule has 0 N–H and O–H groups in total. The summed E-state index contributed by atoms with van der Waals surface area (Å²) in [6.45, 7) is 0. The van der Waals surface area contributed by atoms with E-state index in [1.165, 1.54) is 126 Å². The van der Waals surface area contributed by atoms with Gasteiger partial charge in [0.25, 0.3) is 0 Å². The van der Waals surface area contributed by atoms with E-state index in [0.29, 0.717) is 0 Å². The molecule has 0 spiro atoms. The minimum absolute atomic E-state index is 1.15. The van der Waals surface area contributed by atoms with Crippen LogP contribution in [0, 0.1) is 0 Å². The molecule has 0 saturated heterocycles.